The van der Waals surface area contributed by atoms with Crippen LogP contribution in [0.1, 0.15) is 10.4 Å². The Bertz CT molecular complexity index is 514. The zero-order valence-corrected chi connectivity index (χ0v) is 11.6. The molecule has 0 bridgehead atoms. The minimum Gasteiger partial charge on any atom is -0.332 e. The molecule has 0 saturated heterocycles. The summed E-state index contributed by atoms with van der Waals surface area (Å²) in [5, 5.41) is 11.0. The van der Waals surface area contributed by atoms with E-state index in [0.29, 0.717) is 6.07 Å². The Morgan fingerprint density at radius 2 is 2.10 bits per heavy atom. The lowest BCUT2D eigenvalue weighted by molar-refractivity contribution is -0.385. The number of alkyl halides is 3. The van der Waals surface area contributed by atoms with Crippen molar-refractivity contribution in [2.75, 3.05) is 18.4 Å². The summed E-state index contributed by atoms with van der Waals surface area (Å²) in [6, 6.07) is 2.37. The van der Waals surface area contributed by atoms with Crippen molar-refractivity contribution in [2.45, 2.75) is 6.43 Å². The Morgan fingerprint density at radius 3 is 2.60 bits per heavy atom. The van der Waals surface area contributed by atoms with Crippen LogP contribution >= 0.6 is 15.9 Å². The molecule has 0 saturated carbocycles. The molecule has 1 aromatic rings. The molecule has 0 unspecified atom stereocenters. The predicted molar refractivity (Wildman–Crippen MR) is 68.8 cm³/mol. The second kappa shape index (κ2) is 7.22. The Labute approximate surface area is 120 Å². The van der Waals surface area contributed by atoms with E-state index in [1.807, 2.05) is 0 Å². The summed E-state index contributed by atoms with van der Waals surface area (Å²) in [7, 11) is 0. The van der Waals surface area contributed by atoms with Crippen LogP contribution in [0, 0.1) is 15.9 Å². The molecule has 0 fully saturated rings. The van der Waals surface area contributed by atoms with Gasteiger partial charge >= 0.3 is 0 Å². The highest BCUT2D eigenvalue weighted by Crippen LogP contribution is 2.22. The highest BCUT2D eigenvalue weighted by molar-refractivity contribution is 9.09. The van der Waals surface area contributed by atoms with Gasteiger partial charge in [-0.25, -0.2) is 13.2 Å². The van der Waals surface area contributed by atoms with Gasteiger partial charge in [-0.1, -0.05) is 15.9 Å². The van der Waals surface area contributed by atoms with E-state index in [1.54, 1.807) is 0 Å². The summed E-state index contributed by atoms with van der Waals surface area (Å²) in [5.41, 5.74) is -1.16. The summed E-state index contributed by atoms with van der Waals surface area (Å²) in [5.74, 6) is -1.81. The second-order valence-electron chi connectivity index (χ2n) is 3.75. The van der Waals surface area contributed by atoms with E-state index in [4.69, 9.17) is 0 Å². The van der Waals surface area contributed by atoms with Gasteiger partial charge in [-0.2, -0.15) is 0 Å². The third kappa shape index (κ3) is 4.19. The number of amides is 1. The smallest absolute Gasteiger partial charge is 0.285 e. The third-order valence-corrected chi connectivity index (χ3v) is 2.74. The van der Waals surface area contributed by atoms with E-state index >= 15 is 0 Å². The molecular formula is C11H10BrF3N2O3. The van der Waals surface area contributed by atoms with Gasteiger partial charge in [0.05, 0.1) is 17.5 Å². The van der Waals surface area contributed by atoms with Crippen molar-refractivity contribution in [3.63, 3.8) is 0 Å². The second-order valence-corrected chi connectivity index (χ2v) is 4.54. The fraction of sp³-hybridized carbons (Fsp3) is 0.364. The van der Waals surface area contributed by atoms with Crippen LogP contribution in [-0.4, -0.2) is 40.6 Å². The largest absolute Gasteiger partial charge is 0.332 e. The molecule has 1 aromatic carbocycles. The fourth-order valence-corrected chi connectivity index (χ4v) is 1.98. The maximum atomic E-state index is 13.0. The topological polar surface area (TPSA) is 63.4 Å². The molecule has 0 radical (unpaired) electrons. The van der Waals surface area contributed by atoms with E-state index < -0.39 is 40.9 Å². The molecule has 0 aliphatic carbocycles. The van der Waals surface area contributed by atoms with Crippen LogP contribution in [-0.2, 0) is 0 Å². The van der Waals surface area contributed by atoms with E-state index in [-0.39, 0.29) is 11.9 Å². The van der Waals surface area contributed by atoms with Crippen molar-refractivity contribution in [1.29, 1.82) is 0 Å². The molecule has 0 spiro atoms. The van der Waals surface area contributed by atoms with Crippen LogP contribution in [0.15, 0.2) is 18.2 Å². The van der Waals surface area contributed by atoms with Gasteiger partial charge < -0.3 is 4.90 Å². The highest BCUT2D eigenvalue weighted by Gasteiger charge is 2.26. The lowest BCUT2D eigenvalue weighted by Crippen LogP contribution is -2.36. The maximum Gasteiger partial charge on any atom is 0.285 e. The standard InChI is InChI=1S/C11H10BrF3N2O3/c12-3-4-16(6-10(14)15)11(18)8-2-1-7(13)5-9(8)17(19)20/h1-2,5,10H,3-4,6H2. The lowest BCUT2D eigenvalue weighted by atomic mass is 10.1. The number of hydrogen-bond donors (Lipinski definition) is 0. The first kappa shape index (κ1) is 16.4. The normalized spacial score (nSPS) is 10.7. The number of nitro groups is 1. The molecule has 110 valence electrons. The van der Waals surface area contributed by atoms with Gasteiger partial charge in [-0.3, -0.25) is 14.9 Å². The third-order valence-electron chi connectivity index (χ3n) is 2.39. The number of carbonyl (C=O) groups is 1. The number of nitrogens with zero attached hydrogens (tertiary/aromatic N) is 2. The van der Waals surface area contributed by atoms with E-state index in [0.717, 1.165) is 17.0 Å². The molecule has 9 heteroatoms. The van der Waals surface area contributed by atoms with Crippen LogP contribution in [0.2, 0.25) is 0 Å². The first-order chi connectivity index (χ1) is 9.36. The number of rotatable bonds is 6. The number of hydrogen-bond acceptors (Lipinski definition) is 3. The first-order valence-electron chi connectivity index (χ1n) is 5.44. The van der Waals surface area contributed by atoms with Gasteiger partial charge in [0.2, 0.25) is 0 Å². The zero-order valence-electron chi connectivity index (χ0n) is 10.1. The average Bonchev–Trinajstić information content (AvgIpc) is 2.36. The monoisotopic (exact) mass is 354 g/mol. The lowest BCUT2D eigenvalue weighted by Gasteiger charge is -2.21. The molecule has 0 aromatic heterocycles. The van der Waals surface area contributed by atoms with Gasteiger partial charge in [0.1, 0.15) is 11.4 Å². The molecule has 0 aliphatic rings. The Morgan fingerprint density at radius 1 is 1.45 bits per heavy atom. The van der Waals surface area contributed by atoms with Gasteiger partial charge in [-0.05, 0) is 12.1 Å². The molecule has 1 rings (SSSR count). The SMILES string of the molecule is O=C(c1ccc(F)cc1[N+](=O)[O-])N(CCBr)CC(F)F. The predicted octanol–water partition coefficient (Wildman–Crippen LogP) is 2.84. The first-order valence-corrected chi connectivity index (χ1v) is 6.56. The fourth-order valence-electron chi connectivity index (χ4n) is 1.55. The van der Waals surface area contributed by atoms with Crippen molar-refractivity contribution < 1.29 is 22.9 Å². The minimum atomic E-state index is -2.77. The van der Waals surface area contributed by atoms with Gasteiger partial charge in [0.15, 0.2) is 0 Å². The van der Waals surface area contributed by atoms with Crippen molar-refractivity contribution in [3.8, 4) is 0 Å². The van der Waals surface area contributed by atoms with Crippen LogP contribution in [0.25, 0.3) is 0 Å². The maximum absolute atomic E-state index is 13.0. The number of halogens is 4. The van der Waals surface area contributed by atoms with Gasteiger partial charge in [-0.15, -0.1) is 0 Å². The Balaban J connectivity index is 3.14. The molecule has 0 aliphatic heterocycles. The van der Waals surface area contributed by atoms with Gasteiger partial charge in [0.25, 0.3) is 18.0 Å². The quantitative estimate of drug-likeness (QED) is 0.448. The highest BCUT2D eigenvalue weighted by atomic mass is 79.9. The number of carbonyl (C=O) groups excluding carboxylic acids is 1. The average molecular weight is 355 g/mol. The Hall–Kier alpha value is -1.64. The van der Waals surface area contributed by atoms with E-state index in [9.17, 15) is 28.1 Å². The number of nitro benzene ring substituents is 1. The van der Waals surface area contributed by atoms with Gasteiger partial charge in [0, 0.05) is 11.9 Å². The molecular weight excluding hydrogens is 345 g/mol. The molecule has 0 atom stereocenters. The molecule has 0 heterocycles. The van der Waals surface area contributed by atoms with E-state index in [1.165, 1.54) is 0 Å². The summed E-state index contributed by atoms with van der Waals surface area (Å²) < 4.78 is 37.8. The zero-order chi connectivity index (χ0) is 15.3. The summed E-state index contributed by atoms with van der Waals surface area (Å²) in [6.07, 6.45) is -2.77. The molecule has 0 N–H and O–H groups in total. The molecule has 20 heavy (non-hydrogen) atoms. The van der Waals surface area contributed by atoms with Crippen molar-refractivity contribution in [1.82, 2.24) is 4.90 Å². The summed E-state index contributed by atoms with van der Waals surface area (Å²) in [4.78, 5) is 22.7. The van der Waals surface area contributed by atoms with Crippen molar-refractivity contribution in [3.05, 3.63) is 39.7 Å². The van der Waals surface area contributed by atoms with Crippen molar-refractivity contribution in [2.24, 2.45) is 0 Å². The van der Waals surface area contributed by atoms with Crippen LogP contribution in [0.3, 0.4) is 0 Å². The summed E-state index contributed by atoms with van der Waals surface area (Å²) >= 11 is 3.01. The molecule has 5 nitrogen and oxygen atoms in total. The van der Waals surface area contributed by atoms with E-state index in [2.05, 4.69) is 15.9 Å². The minimum absolute atomic E-state index is 0.0439. The molecule has 1 amide bonds. The Kier molecular flexibility index (Phi) is 5.93. The van der Waals surface area contributed by atoms with Crippen LogP contribution in [0.5, 0.6) is 0 Å². The summed E-state index contributed by atoms with van der Waals surface area (Å²) in [6.45, 7) is -0.892. The van der Waals surface area contributed by atoms with Crippen molar-refractivity contribution >= 4 is 27.5 Å². The van der Waals surface area contributed by atoms with Crippen LogP contribution < -0.4 is 0 Å². The van der Waals surface area contributed by atoms with Crippen LogP contribution in [0.4, 0.5) is 18.9 Å². The number of benzene rings is 1.